The van der Waals surface area contributed by atoms with Crippen molar-refractivity contribution in [3.63, 3.8) is 0 Å². The van der Waals surface area contributed by atoms with Crippen molar-refractivity contribution in [3.05, 3.63) is 60.4 Å². The number of benzene rings is 1. The molecule has 1 saturated carbocycles. The average molecular weight is 444 g/mol. The van der Waals surface area contributed by atoms with Crippen molar-refractivity contribution in [1.29, 1.82) is 0 Å². The molecule has 168 valence electrons. The van der Waals surface area contributed by atoms with E-state index in [0.717, 1.165) is 50.9 Å². The Morgan fingerprint density at radius 2 is 1.74 bits per heavy atom. The zero-order valence-corrected chi connectivity index (χ0v) is 19.0. The van der Waals surface area contributed by atoms with Crippen molar-refractivity contribution in [1.82, 2.24) is 9.71 Å². The highest BCUT2D eigenvalue weighted by Gasteiger charge is 2.33. The third-order valence-electron chi connectivity index (χ3n) is 6.62. The number of piperidine rings is 1. The molecule has 2 atom stereocenters. The standard InChI is InChI=1S/C24H33N3O3S/c1-31(28,29)26-24-13-16-27(22-11-14-25-15-12-22)17-21(24)18-30-23-9-7-20(8-10-23)19-5-3-2-4-6-19/h2-6,11-12,14-15,20-21,23-24,26H,7-10,13,16-18H2,1H3/t20?,21?,23?,24-/m0/s1. The lowest BCUT2D eigenvalue weighted by Gasteiger charge is -2.40. The molecule has 1 aliphatic carbocycles. The third kappa shape index (κ3) is 6.28. The minimum atomic E-state index is -3.25. The number of aromatic nitrogens is 1. The van der Waals surface area contributed by atoms with E-state index < -0.39 is 10.0 Å². The fraction of sp³-hybridized carbons (Fsp3) is 0.542. The average Bonchev–Trinajstić information content (AvgIpc) is 2.79. The van der Waals surface area contributed by atoms with Gasteiger partial charge in [0.25, 0.3) is 0 Å². The molecule has 0 spiro atoms. The number of sulfonamides is 1. The Balaban J connectivity index is 1.34. The number of pyridine rings is 1. The maximum absolute atomic E-state index is 11.9. The highest BCUT2D eigenvalue weighted by atomic mass is 32.2. The summed E-state index contributed by atoms with van der Waals surface area (Å²) >= 11 is 0. The van der Waals surface area contributed by atoms with Crippen LogP contribution in [0.15, 0.2) is 54.9 Å². The fourth-order valence-electron chi connectivity index (χ4n) is 4.97. The number of nitrogens with zero attached hydrogens (tertiary/aromatic N) is 2. The van der Waals surface area contributed by atoms with E-state index in [1.807, 2.05) is 12.1 Å². The second kappa shape index (κ2) is 10.1. The number of anilines is 1. The van der Waals surface area contributed by atoms with Gasteiger partial charge in [-0.15, -0.1) is 0 Å². The van der Waals surface area contributed by atoms with Gasteiger partial charge in [0.2, 0.25) is 10.0 Å². The molecule has 1 aliphatic heterocycles. The smallest absolute Gasteiger partial charge is 0.208 e. The van der Waals surface area contributed by atoms with E-state index in [-0.39, 0.29) is 18.1 Å². The quantitative estimate of drug-likeness (QED) is 0.708. The molecule has 7 heteroatoms. The fourth-order valence-corrected chi connectivity index (χ4v) is 5.83. The van der Waals surface area contributed by atoms with Crippen LogP contribution in [0, 0.1) is 5.92 Å². The lowest BCUT2D eigenvalue weighted by atomic mass is 9.82. The first kappa shape index (κ1) is 22.2. The van der Waals surface area contributed by atoms with E-state index in [4.69, 9.17) is 4.74 Å². The summed E-state index contributed by atoms with van der Waals surface area (Å²) in [7, 11) is -3.25. The highest BCUT2D eigenvalue weighted by molar-refractivity contribution is 7.88. The van der Waals surface area contributed by atoms with Gasteiger partial charge in [0.05, 0.1) is 19.0 Å². The van der Waals surface area contributed by atoms with Gasteiger partial charge < -0.3 is 9.64 Å². The lowest BCUT2D eigenvalue weighted by molar-refractivity contribution is -0.00209. The molecule has 1 saturated heterocycles. The van der Waals surface area contributed by atoms with Crippen LogP contribution in [0.1, 0.15) is 43.6 Å². The van der Waals surface area contributed by atoms with Crippen molar-refractivity contribution in [3.8, 4) is 0 Å². The van der Waals surface area contributed by atoms with E-state index >= 15 is 0 Å². The van der Waals surface area contributed by atoms with Crippen LogP contribution in [0.5, 0.6) is 0 Å². The Kier molecular flexibility index (Phi) is 7.25. The van der Waals surface area contributed by atoms with Crippen LogP contribution in [0.25, 0.3) is 0 Å². The van der Waals surface area contributed by atoms with Crippen molar-refractivity contribution in [2.45, 2.75) is 50.2 Å². The monoisotopic (exact) mass is 443 g/mol. The van der Waals surface area contributed by atoms with Gasteiger partial charge in [-0.25, -0.2) is 13.1 Å². The molecule has 2 aliphatic rings. The summed E-state index contributed by atoms with van der Waals surface area (Å²) in [4.78, 5) is 6.41. The molecule has 0 amide bonds. The van der Waals surface area contributed by atoms with E-state index in [2.05, 4.69) is 44.9 Å². The van der Waals surface area contributed by atoms with Crippen molar-refractivity contribution >= 4 is 15.7 Å². The molecule has 4 rings (SSSR count). The predicted octanol–water partition coefficient (Wildman–Crippen LogP) is 3.57. The first-order chi connectivity index (χ1) is 15.0. The first-order valence-corrected chi connectivity index (χ1v) is 13.2. The van der Waals surface area contributed by atoms with Crippen molar-refractivity contribution in [2.24, 2.45) is 5.92 Å². The van der Waals surface area contributed by atoms with Crippen LogP contribution in [0.3, 0.4) is 0 Å². The Labute approximate surface area is 186 Å². The van der Waals surface area contributed by atoms with E-state index in [1.54, 1.807) is 12.4 Å². The van der Waals surface area contributed by atoms with Gasteiger partial charge in [-0.1, -0.05) is 30.3 Å². The van der Waals surface area contributed by atoms with Gasteiger partial charge in [0.1, 0.15) is 0 Å². The molecule has 6 nitrogen and oxygen atoms in total. The minimum Gasteiger partial charge on any atom is -0.378 e. The maximum atomic E-state index is 11.9. The molecule has 31 heavy (non-hydrogen) atoms. The molecule has 0 bridgehead atoms. The second-order valence-electron chi connectivity index (χ2n) is 8.91. The minimum absolute atomic E-state index is 0.0891. The number of rotatable bonds is 7. The SMILES string of the molecule is CS(=O)(=O)N[C@H]1CCN(c2ccncc2)CC1COC1CCC(c2ccccc2)CC1. The van der Waals surface area contributed by atoms with Crippen LogP contribution in [0.2, 0.25) is 0 Å². The van der Waals surface area contributed by atoms with Crippen LogP contribution in [-0.2, 0) is 14.8 Å². The molecule has 0 radical (unpaired) electrons. The molecular weight excluding hydrogens is 410 g/mol. The van der Waals surface area contributed by atoms with Gasteiger partial charge in [0, 0.05) is 43.1 Å². The van der Waals surface area contributed by atoms with Crippen LogP contribution in [-0.4, -0.2) is 51.5 Å². The Morgan fingerprint density at radius 1 is 1.03 bits per heavy atom. The molecule has 1 aromatic heterocycles. The van der Waals surface area contributed by atoms with Crippen LogP contribution < -0.4 is 9.62 Å². The summed E-state index contributed by atoms with van der Waals surface area (Å²) in [5.74, 6) is 0.737. The van der Waals surface area contributed by atoms with Gasteiger partial charge >= 0.3 is 0 Å². The topological polar surface area (TPSA) is 71.5 Å². The summed E-state index contributed by atoms with van der Waals surface area (Å²) in [6.45, 7) is 2.17. The van der Waals surface area contributed by atoms with E-state index in [1.165, 1.54) is 11.8 Å². The first-order valence-electron chi connectivity index (χ1n) is 11.3. The third-order valence-corrected chi connectivity index (χ3v) is 7.35. The Hall–Kier alpha value is -1.96. The molecule has 1 N–H and O–H groups in total. The van der Waals surface area contributed by atoms with Gasteiger partial charge in [-0.2, -0.15) is 0 Å². The summed E-state index contributed by atoms with van der Waals surface area (Å²) in [6.07, 6.45) is 10.3. The van der Waals surface area contributed by atoms with Gasteiger partial charge in [-0.05, 0) is 55.7 Å². The maximum Gasteiger partial charge on any atom is 0.208 e. The molecule has 1 aromatic carbocycles. The van der Waals surface area contributed by atoms with E-state index in [0.29, 0.717) is 12.5 Å². The van der Waals surface area contributed by atoms with E-state index in [9.17, 15) is 8.42 Å². The van der Waals surface area contributed by atoms with Crippen LogP contribution in [0.4, 0.5) is 5.69 Å². The zero-order chi connectivity index (χ0) is 21.7. The Morgan fingerprint density at radius 3 is 2.42 bits per heavy atom. The second-order valence-corrected chi connectivity index (χ2v) is 10.7. The van der Waals surface area contributed by atoms with Gasteiger partial charge in [-0.3, -0.25) is 4.98 Å². The number of ether oxygens (including phenoxy) is 1. The molecule has 2 aromatic rings. The van der Waals surface area contributed by atoms with Crippen LogP contribution >= 0.6 is 0 Å². The number of hydrogen-bond donors (Lipinski definition) is 1. The molecule has 2 fully saturated rings. The Bertz CT molecular complexity index is 916. The summed E-state index contributed by atoms with van der Waals surface area (Å²) in [6, 6.07) is 14.7. The number of hydrogen-bond acceptors (Lipinski definition) is 5. The predicted molar refractivity (Wildman–Crippen MR) is 124 cm³/mol. The van der Waals surface area contributed by atoms with Crippen molar-refractivity contribution in [2.75, 3.05) is 30.9 Å². The largest absolute Gasteiger partial charge is 0.378 e. The van der Waals surface area contributed by atoms with Crippen molar-refractivity contribution < 1.29 is 13.2 Å². The van der Waals surface area contributed by atoms with Gasteiger partial charge in [0.15, 0.2) is 0 Å². The lowest BCUT2D eigenvalue weighted by Crippen LogP contribution is -2.52. The summed E-state index contributed by atoms with van der Waals surface area (Å²) in [5, 5.41) is 0. The summed E-state index contributed by atoms with van der Waals surface area (Å²) in [5.41, 5.74) is 2.56. The normalized spacial score (nSPS) is 27.2. The summed E-state index contributed by atoms with van der Waals surface area (Å²) < 4.78 is 33.0. The number of nitrogens with one attached hydrogen (secondary N) is 1. The highest BCUT2D eigenvalue weighted by Crippen LogP contribution is 2.34. The zero-order valence-electron chi connectivity index (χ0n) is 18.2. The molecule has 2 heterocycles. The molecular formula is C24H33N3O3S. The molecule has 1 unspecified atom stereocenters.